The molecule has 130 valence electrons. The van der Waals surface area contributed by atoms with E-state index in [9.17, 15) is 23.1 Å². The molecule has 2 N–H and O–H groups in total. The van der Waals surface area contributed by atoms with Crippen molar-refractivity contribution in [1.29, 1.82) is 0 Å². The fourth-order valence-corrected chi connectivity index (χ4v) is 2.31. The van der Waals surface area contributed by atoms with E-state index in [-0.39, 0.29) is 12.0 Å². The Bertz CT molecular complexity index is 723. The standard InChI is InChI=1S/C16H18F3N3O2/c1-9-10(7-20-22(9)2)3-4-15(24)21-14(8-23)11-5-12(17)16(19)13(18)6-11/h5-7,14,23H,3-4,8H2,1-2H3,(H,21,24). The minimum absolute atomic E-state index is 0.0418. The molecule has 0 fully saturated rings. The SMILES string of the molecule is Cc1c(CCC(=O)NC(CO)c2cc(F)c(F)c(F)c2)cnn1C. The number of aromatic nitrogens is 2. The first-order chi connectivity index (χ1) is 11.3. The maximum absolute atomic E-state index is 13.3. The highest BCUT2D eigenvalue weighted by atomic mass is 19.2. The van der Waals surface area contributed by atoms with Gasteiger partial charge in [0, 0.05) is 19.2 Å². The molecule has 1 heterocycles. The molecule has 1 atom stereocenters. The van der Waals surface area contributed by atoms with Crippen LogP contribution in [0.25, 0.3) is 0 Å². The minimum Gasteiger partial charge on any atom is -0.394 e. The quantitative estimate of drug-likeness (QED) is 0.789. The molecule has 8 heteroatoms. The molecule has 0 radical (unpaired) electrons. The fraction of sp³-hybridized carbons (Fsp3) is 0.375. The van der Waals surface area contributed by atoms with Crippen LogP contribution in [0, 0.1) is 24.4 Å². The predicted octanol–water partition coefficient (Wildman–Crippen LogP) is 1.93. The molecule has 2 rings (SSSR count). The van der Waals surface area contributed by atoms with Crippen LogP contribution >= 0.6 is 0 Å². The second-order valence-corrected chi connectivity index (χ2v) is 5.48. The number of nitrogens with one attached hydrogen (secondary N) is 1. The van der Waals surface area contributed by atoms with Crippen molar-refractivity contribution in [3.05, 3.63) is 52.6 Å². The largest absolute Gasteiger partial charge is 0.394 e. The number of nitrogens with zero attached hydrogens (tertiary/aromatic N) is 2. The van der Waals surface area contributed by atoms with Crippen LogP contribution < -0.4 is 5.32 Å². The Morgan fingerprint density at radius 1 is 1.33 bits per heavy atom. The number of rotatable bonds is 6. The smallest absolute Gasteiger partial charge is 0.220 e. The number of aliphatic hydroxyl groups is 1. The number of benzene rings is 1. The zero-order chi connectivity index (χ0) is 17.9. The molecule has 0 bridgehead atoms. The summed E-state index contributed by atoms with van der Waals surface area (Å²) in [6, 6.07) is 0.493. The van der Waals surface area contributed by atoms with Crippen molar-refractivity contribution in [1.82, 2.24) is 15.1 Å². The van der Waals surface area contributed by atoms with Gasteiger partial charge in [0.05, 0.1) is 18.8 Å². The van der Waals surface area contributed by atoms with Crippen LogP contribution in [0.5, 0.6) is 0 Å². The summed E-state index contributed by atoms with van der Waals surface area (Å²) in [5, 5.41) is 15.9. The van der Waals surface area contributed by atoms with Crippen LogP contribution in [-0.2, 0) is 18.3 Å². The Hall–Kier alpha value is -2.35. The number of carbonyl (C=O) groups is 1. The van der Waals surface area contributed by atoms with Crippen molar-refractivity contribution < 1.29 is 23.1 Å². The molecule has 0 saturated heterocycles. The number of halogens is 3. The molecule has 0 aliphatic carbocycles. The molecule has 1 amide bonds. The maximum Gasteiger partial charge on any atom is 0.220 e. The van der Waals surface area contributed by atoms with E-state index in [4.69, 9.17) is 0 Å². The van der Waals surface area contributed by atoms with Gasteiger partial charge >= 0.3 is 0 Å². The number of aryl methyl sites for hydroxylation is 2. The van der Waals surface area contributed by atoms with Crippen molar-refractivity contribution in [2.24, 2.45) is 7.05 Å². The molecule has 0 aliphatic rings. The Morgan fingerprint density at radius 3 is 2.46 bits per heavy atom. The minimum atomic E-state index is -1.59. The molecule has 1 aromatic heterocycles. The van der Waals surface area contributed by atoms with Gasteiger partial charge in [0.2, 0.25) is 5.91 Å². The summed E-state index contributed by atoms with van der Waals surface area (Å²) in [6.45, 7) is 1.31. The lowest BCUT2D eigenvalue weighted by Gasteiger charge is -2.17. The van der Waals surface area contributed by atoms with Gasteiger partial charge < -0.3 is 10.4 Å². The first-order valence-electron chi connectivity index (χ1n) is 7.35. The Morgan fingerprint density at radius 2 is 1.96 bits per heavy atom. The van der Waals surface area contributed by atoms with Gasteiger partial charge in [-0.05, 0) is 36.6 Å². The van der Waals surface area contributed by atoms with Gasteiger partial charge in [0.1, 0.15) is 0 Å². The van der Waals surface area contributed by atoms with Crippen molar-refractivity contribution in [3.8, 4) is 0 Å². The van der Waals surface area contributed by atoms with E-state index in [2.05, 4.69) is 10.4 Å². The fourth-order valence-electron chi connectivity index (χ4n) is 2.31. The van der Waals surface area contributed by atoms with Crippen LogP contribution in [0.2, 0.25) is 0 Å². The summed E-state index contributed by atoms with van der Waals surface area (Å²) in [5.74, 6) is -4.73. The number of aliphatic hydroxyl groups excluding tert-OH is 1. The van der Waals surface area contributed by atoms with Crippen LogP contribution in [-0.4, -0.2) is 27.4 Å². The van der Waals surface area contributed by atoms with Crippen molar-refractivity contribution >= 4 is 5.91 Å². The van der Waals surface area contributed by atoms with Crippen molar-refractivity contribution in [2.75, 3.05) is 6.61 Å². The van der Waals surface area contributed by atoms with E-state index in [1.165, 1.54) is 0 Å². The van der Waals surface area contributed by atoms with Crippen molar-refractivity contribution in [2.45, 2.75) is 25.8 Å². The highest BCUT2D eigenvalue weighted by Crippen LogP contribution is 2.19. The summed E-state index contributed by atoms with van der Waals surface area (Å²) < 4.78 is 41.2. The molecule has 2 aromatic rings. The average molecular weight is 341 g/mol. The molecule has 0 spiro atoms. The summed E-state index contributed by atoms with van der Waals surface area (Å²) in [5.41, 5.74) is 1.80. The molecule has 0 aliphatic heterocycles. The lowest BCUT2D eigenvalue weighted by atomic mass is 10.1. The summed E-state index contributed by atoms with van der Waals surface area (Å²) in [7, 11) is 1.79. The predicted molar refractivity (Wildman–Crippen MR) is 80.6 cm³/mol. The molecular formula is C16H18F3N3O2. The van der Waals surface area contributed by atoms with E-state index in [1.807, 2.05) is 6.92 Å². The topological polar surface area (TPSA) is 67.2 Å². The molecular weight excluding hydrogens is 323 g/mol. The van der Waals surface area contributed by atoms with Crippen LogP contribution in [0.15, 0.2) is 18.3 Å². The Balaban J connectivity index is 2.02. The van der Waals surface area contributed by atoms with E-state index >= 15 is 0 Å². The highest BCUT2D eigenvalue weighted by molar-refractivity contribution is 5.76. The lowest BCUT2D eigenvalue weighted by Crippen LogP contribution is -2.31. The van der Waals surface area contributed by atoms with Gasteiger partial charge in [-0.2, -0.15) is 5.10 Å². The number of carbonyl (C=O) groups excluding carboxylic acids is 1. The third kappa shape index (κ3) is 3.94. The van der Waals surface area contributed by atoms with Crippen LogP contribution in [0.1, 0.15) is 29.3 Å². The Labute approximate surface area is 137 Å². The van der Waals surface area contributed by atoms with E-state index in [0.29, 0.717) is 6.42 Å². The van der Waals surface area contributed by atoms with Gasteiger partial charge in [-0.25, -0.2) is 13.2 Å². The van der Waals surface area contributed by atoms with E-state index in [0.717, 1.165) is 23.4 Å². The van der Waals surface area contributed by atoms with Gasteiger partial charge in [-0.15, -0.1) is 0 Å². The second kappa shape index (κ2) is 7.48. The van der Waals surface area contributed by atoms with Gasteiger partial charge in [-0.3, -0.25) is 9.48 Å². The zero-order valence-corrected chi connectivity index (χ0v) is 13.3. The Kier molecular flexibility index (Phi) is 5.61. The first kappa shape index (κ1) is 18.0. The maximum atomic E-state index is 13.3. The lowest BCUT2D eigenvalue weighted by molar-refractivity contribution is -0.122. The third-order valence-corrected chi connectivity index (χ3v) is 3.88. The van der Waals surface area contributed by atoms with Crippen LogP contribution in [0.3, 0.4) is 0 Å². The van der Waals surface area contributed by atoms with Gasteiger partial charge in [-0.1, -0.05) is 0 Å². The summed E-state index contributed by atoms with van der Waals surface area (Å²) >= 11 is 0. The molecule has 1 aromatic carbocycles. The van der Waals surface area contributed by atoms with E-state index in [1.54, 1.807) is 17.9 Å². The molecule has 1 unspecified atom stereocenters. The van der Waals surface area contributed by atoms with Crippen LogP contribution in [0.4, 0.5) is 13.2 Å². The normalized spacial score (nSPS) is 12.2. The second-order valence-electron chi connectivity index (χ2n) is 5.48. The number of hydrogen-bond donors (Lipinski definition) is 2. The summed E-state index contributed by atoms with van der Waals surface area (Å²) in [6.07, 6.45) is 2.22. The summed E-state index contributed by atoms with van der Waals surface area (Å²) in [4.78, 5) is 12.0. The molecule has 5 nitrogen and oxygen atoms in total. The molecule has 0 saturated carbocycles. The van der Waals surface area contributed by atoms with Crippen molar-refractivity contribution in [3.63, 3.8) is 0 Å². The average Bonchev–Trinajstić information content (AvgIpc) is 2.87. The van der Waals surface area contributed by atoms with Gasteiger partial charge in [0.15, 0.2) is 17.5 Å². The zero-order valence-electron chi connectivity index (χ0n) is 13.3. The third-order valence-electron chi connectivity index (χ3n) is 3.88. The molecule has 24 heavy (non-hydrogen) atoms. The van der Waals surface area contributed by atoms with E-state index < -0.39 is 36.0 Å². The van der Waals surface area contributed by atoms with Gasteiger partial charge in [0.25, 0.3) is 0 Å². The monoisotopic (exact) mass is 341 g/mol. The number of hydrogen-bond acceptors (Lipinski definition) is 3. The number of amides is 1. The highest BCUT2D eigenvalue weighted by Gasteiger charge is 2.19. The first-order valence-corrected chi connectivity index (χ1v) is 7.35.